The molecule has 2 aliphatic carbocycles. The van der Waals surface area contributed by atoms with Crippen molar-refractivity contribution < 1.29 is 28.8 Å². The Balaban J connectivity index is 0.000000905. The summed E-state index contributed by atoms with van der Waals surface area (Å²) >= 11 is 0. The van der Waals surface area contributed by atoms with Crippen molar-refractivity contribution in [3.05, 3.63) is 0 Å². The Morgan fingerprint density at radius 2 is 0.842 bits per heavy atom. The molecule has 0 aliphatic heterocycles. The first-order valence-electron chi connectivity index (χ1n) is 15.4. The summed E-state index contributed by atoms with van der Waals surface area (Å²) in [4.78, 5) is 0. The molecule has 0 N–H and O–H groups in total. The van der Waals surface area contributed by atoms with Crippen LogP contribution in [0.5, 0.6) is 0 Å². The second-order valence-corrected chi connectivity index (χ2v) is 35.3. The third-order valence-electron chi connectivity index (χ3n) is 6.61. The minimum atomic E-state index is -2.89. The van der Waals surface area contributed by atoms with Gasteiger partial charge in [0.2, 0.25) is 0 Å². The molecule has 2 aliphatic rings. The summed E-state index contributed by atoms with van der Waals surface area (Å²) in [6.07, 6.45) is 12.5. The standard InChI is InChI=1S/C20H50O5Si6.C2H12O2Si3/c1-26(2)21-30(22-27(3)4,19-15-11-9-12-16-19)25-31(23-28(5)6,24-29(7)8)20-17-13-10-14-18-20;1-7(2)4-6-3-5/h19-20,26-29H,9-18H2,1-8H3;7H,6H2,1-2,5H3. The van der Waals surface area contributed by atoms with Crippen LogP contribution in [0, 0.1) is 0 Å². The largest absolute Gasteiger partial charge is 0.475 e. The van der Waals surface area contributed by atoms with E-state index < -0.39 is 72.8 Å². The maximum atomic E-state index is 7.48. The SMILES string of the molecule is C[SiH](C)O[SiH2]O[SiH3].C[SiH](C)O[Si](O[SiH](C)C)(O[Si](O[SiH](C)C)(O[SiH](C)C)C1CCCCC1)C1CCCCC1. The molecule has 2 fully saturated rings. The highest BCUT2D eigenvalue weighted by atomic mass is 28.5. The van der Waals surface area contributed by atoms with Gasteiger partial charge in [0.15, 0.2) is 45.2 Å². The van der Waals surface area contributed by atoms with Gasteiger partial charge < -0.3 is 28.8 Å². The van der Waals surface area contributed by atoms with E-state index in [1.54, 1.807) is 0 Å². The molecule has 0 spiro atoms. The third kappa shape index (κ3) is 14.2. The lowest BCUT2D eigenvalue weighted by atomic mass is 10.0. The highest BCUT2D eigenvalue weighted by Gasteiger charge is 2.61. The summed E-state index contributed by atoms with van der Waals surface area (Å²) in [5, 5.41) is 0. The van der Waals surface area contributed by atoms with Crippen LogP contribution in [-0.4, -0.2) is 83.3 Å². The van der Waals surface area contributed by atoms with E-state index in [0.29, 0.717) is 11.1 Å². The number of hydrogen-bond donors (Lipinski definition) is 0. The molecule has 38 heavy (non-hydrogen) atoms. The van der Waals surface area contributed by atoms with E-state index in [0.717, 1.165) is 10.5 Å². The van der Waals surface area contributed by atoms with Crippen molar-refractivity contribution >= 4 is 83.3 Å². The predicted molar refractivity (Wildman–Crippen MR) is 186 cm³/mol. The van der Waals surface area contributed by atoms with E-state index in [1.807, 2.05) is 0 Å². The molecule has 0 aromatic rings. The second kappa shape index (κ2) is 19.8. The Labute approximate surface area is 251 Å². The van der Waals surface area contributed by atoms with Gasteiger partial charge >= 0.3 is 17.6 Å². The predicted octanol–water partition coefficient (Wildman–Crippen LogP) is 3.83. The van der Waals surface area contributed by atoms with Crippen LogP contribution >= 0.6 is 0 Å². The van der Waals surface area contributed by atoms with E-state index in [1.165, 1.54) is 64.2 Å². The molecule has 0 radical (unpaired) electrons. The highest BCUT2D eigenvalue weighted by Crippen LogP contribution is 2.46. The van der Waals surface area contributed by atoms with E-state index in [-0.39, 0.29) is 0 Å². The first kappa shape index (κ1) is 37.7. The minimum Gasteiger partial charge on any atom is -0.449 e. The van der Waals surface area contributed by atoms with Crippen LogP contribution in [0.15, 0.2) is 0 Å². The van der Waals surface area contributed by atoms with Crippen molar-refractivity contribution in [2.45, 2.75) is 141 Å². The Morgan fingerprint density at radius 3 is 1.05 bits per heavy atom. The average Bonchev–Trinajstić information content (AvgIpc) is 2.82. The summed E-state index contributed by atoms with van der Waals surface area (Å²) in [6, 6.07) is 0. The van der Waals surface area contributed by atoms with Gasteiger partial charge in [-0.2, -0.15) is 0 Å². The van der Waals surface area contributed by atoms with E-state index in [4.69, 9.17) is 28.8 Å². The summed E-state index contributed by atoms with van der Waals surface area (Å²) in [6.45, 7) is 22.5. The molecule has 0 bridgehead atoms. The fourth-order valence-corrected chi connectivity index (χ4v) is 30.9. The molecular weight excluding hydrogens is 629 g/mol. The molecule has 16 heteroatoms. The van der Waals surface area contributed by atoms with Crippen molar-refractivity contribution in [2.75, 3.05) is 0 Å². The van der Waals surface area contributed by atoms with Gasteiger partial charge in [-0.3, -0.25) is 0 Å². The van der Waals surface area contributed by atoms with Gasteiger partial charge in [-0.15, -0.1) is 0 Å². The molecule has 0 aromatic carbocycles. The smallest absolute Gasteiger partial charge is 0.449 e. The van der Waals surface area contributed by atoms with Gasteiger partial charge in [0, 0.05) is 11.1 Å². The molecule has 228 valence electrons. The minimum absolute atomic E-state index is 0.427. The Kier molecular flexibility index (Phi) is 19.6. The van der Waals surface area contributed by atoms with Crippen molar-refractivity contribution in [2.24, 2.45) is 0 Å². The molecule has 0 atom stereocenters. The van der Waals surface area contributed by atoms with Gasteiger partial charge in [-0.25, -0.2) is 0 Å². The Bertz CT molecular complexity index is 542. The average molecular weight is 692 g/mol. The first-order valence-corrected chi connectivity index (χ1v) is 34.9. The summed E-state index contributed by atoms with van der Waals surface area (Å²) in [5.74, 6) is 0. The van der Waals surface area contributed by atoms with Crippen LogP contribution in [0.1, 0.15) is 64.2 Å². The fourth-order valence-electron chi connectivity index (χ4n) is 5.33. The maximum Gasteiger partial charge on any atom is 0.475 e. The summed E-state index contributed by atoms with van der Waals surface area (Å²) in [5.41, 5.74) is 0.854. The second-order valence-electron chi connectivity index (χ2n) is 12.3. The quantitative estimate of drug-likeness (QED) is 0.242. The zero-order valence-corrected chi connectivity index (χ0v) is 37.9. The molecule has 0 unspecified atom stereocenters. The van der Waals surface area contributed by atoms with Crippen LogP contribution < -0.4 is 0 Å². The summed E-state index contributed by atoms with van der Waals surface area (Å²) in [7, 11) is -11.6. The maximum absolute atomic E-state index is 7.48. The van der Waals surface area contributed by atoms with E-state index in [2.05, 4.69) is 65.5 Å². The van der Waals surface area contributed by atoms with Crippen LogP contribution in [0.2, 0.25) is 76.6 Å². The molecule has 7 nitrogen and oxygen atoms in total. The van der Waals surface area contributed by atoms with Gasteiger partial charge in [0.25, 0.3) is 10.0 Å². The molecular formula is C22H62O7Si9. The van der Waals surface area contributed by atoms with Crippen LogP contribution in [0.3, 0.4) is 0 Å². The zero-order valence-electron chi connectivity index (χ0n) is 26.7. The van der Waals surface area contributed by atoms with E-state index >= 15 is 0 Å². The zero-order chi connectivity index (χ0) is 28.8. The molecule has 0 amide bonds. The van der Waals surface area contributed by atoms with Gasteiger partial charge in [-0.1, -0.05) is 38.5 Å². The molecule has 0 aromatic heterocycles. The number of rotatable bonds is 15. The molecule has 0 saturated heterocycles. The van der Waals surface area contributed by atoms with Crippen molar-refractivity contribution in [1.29, 1.82) is 0 Å². The normalized spacial score (nSPS) is 19.0. The van der Waals surface area contributed by atoms with Crippen molar-refractivity contribution in [3.63, 3.8) is 0 Å². The Morgan fingerprint density at radius 1 is 0.526 bits per heavy atom. The lowest BCUT2D eigenvalue weighted by molar-refractivity contribution is 0.150. The lowest BCUT2D eigenvalue weighted by Crippen LogP contribution is -2.66. The molecule has 0 heterocycles. The van der Waals surface area contributed by atoms with Gasteiger partial charge in [0.1, 0.15) is 10.5 Å². The molecule has 2 saturated carbocycles. The number of hydrogen-bond acceptors (Lipinski definition) is 7. The first-order chi connectivity index (χ1) is 17.9. The highest BCUT2D eigenvalue weighted by molar-refractivity contribution is 6.86. The monoisotopic (exact) mass is 690 g/mol. The summed E-state index contributed by atoms with van der Waals surface area (Å²) < 4.78 is 45.6. The van der Waals surface area contributed by atoms with Crippen LogP contribution in [-0.2, 0) is 28.8 Å². The topological polar surface area (TPSA) is 64.6 Å². The van der Waals surface area contributed by atoms with Crippen LogP contribution in [0.25, 0.3) is 0 Å². The van der Waals surface area contributed by atoms with Crippen molar-refractivity contribution in [3.8, 4) is 0 Å². The van der Waals surface area contributed by atoms with Gasteiger partial charge in [0.05, 0.1) is 0 Å². The van der Waals surface area contributed by atoms with E-state index in [9.17, 15) is 0 Å². The third-order valence-corrected chi connectivity index (χ3v) is 29.0. The van der Waals surface area contributed by atoms with Crippen LogP contribution in [0.4, 0.5) is 0 Å². The van der Waals surface area contributed by atoms with Gasteiger partial charge in [-0.05, 0) is 91.2 Å². The Hall–Kier alpha value is 1.67. The van der Waals surface area contributed by atoms with Crippen molar-refractivity contribution in [1.82, 2.24) is 0 Å². The molecule has 2 rings (SSSR count). The lowest BCUT2D eigenvalue weighted by Gasteiger charge is -2.49. The fraction of sp³-hybridized carbons (Fsp3) is 1.00.